The summed E-state index contributed by atoms with van der Waals surface area (Å²) in [5.74, 6) is 0.703. The Hall–Kier alpha value is -1.63. The molecule has 124 valence electrons. The molecule has 23 heavy (non-hydrogen) atoms. The maximum Gasteiger partial charge on any atom is 0.163 e. The van der Waals surface area contributed by atoms with Crippen LogP contribution in [0.15, 0.2) is 29.0 Å². The molecule has 2 aromatic rings. The number of hydrogen-bond donors (Lipinski definition) is 1. The van der Waals surface area contributed by atoms with E-state index in [1.807, 2.05) is 5.38 Å². The van der Waals surface area contributed by atoms with Crippen molar-refractivity contribution in [3.05, 3.63) is 45.9 Å². The van der Waals surface area contributed by atoms with Gasteiger partial charge < -0.3 is 14.8 Å². The molecular formula is C17H21FN2O2S. The fraction of sp³-hybridized carbons (Fsp3) is 0.412. The molecule has 0 aliphatic carbocycles. The molecule has 0 saturated carbocycles. The van der Waals surface area contributed by atoms with Gasteiger partial charge in [-0.25, -0.2) is 4.39 Å². The van der Waals surface area contributed by atoms with Gasteiger partial charge in [0.05, 0.1) is 20.3 Å². The number of ether oxygens (including phenoxy) is 2. The first kappa shape index (κ1) is 16.2. The molecule has 2 heterocycles. The Morgan fingerprint density at radius 2 is 1.87 bits per heavy atom. The number of halogens is 1. The van der Waals surface area contributed by atoms with Crippen LogP contribution in [0.5, 0.6) is 11.5 Å². The van der Waals surface area contributed by atoms with E-state index in [9.17, 15) is 4.39 Å². The first-order chi connectivity index (χ1) is 11.2. The van der Waals surface area contributed by atoms with Gasteiger partial charge in [-0.15, -0.1) is 0 Å². The van der Waals surface area contributed by atoms with E-state index in [-0.39, 0.29) is 11.9 Å². The highest BCUT2D eigenvalue weighted by atomic mass is 32.1. The zero-order valence-corrected chi connectivity index (χ0v) is 14.2. The average molecular weight is 336 g/mol. The zero-order valence-electron chi connectivity index (χ0n) is 13.3. The molecule has 4 nitrogen and oxygen atoms in total. The van der Waals surface area contributed by atoms with E-state index >= 15 is 0 Å². The first-order valence-electron chi connectivity index (χ1n) is 7.63. The van der Waals surface area contributed by atoms with Crippen LogP contribution in [0.25, 0.3) is 0 Å². The number of nitrogens with one attached hydrogen (secondary N) is 1. The molecule has 0 radical (unpaired) electrons. The second kappa shape index (κ2) is 7.29. The maximum atomic E-state index is 14.8. The van der Waals surface area contributed by atoms with Crippen molar-refractivity contribution in [1.82, 2.24) is 10.2 Å². The SMILES string of the molecule is COc1cc(F)c([C@@H](c2ccsc2)N2CCNCC2)cc1OC. The van der Waals surface area contributed by atoms with Gasteiger partial charge in [0.15, 0.2) is 11.5 Å². The zero-order chi connectivity index (χ0) is 16.2. The first-order valence-corrected chi connectivity index (χ1v) is 8.57. The lowest BCUT2D eigenvalue weighted by Crippen LogP contribution is -2.45. The van der Waals surface area contributed by atoms with Crippen molar-refractivity contribution in [2.75, 3.05) is 40.4 Å². The summed E-state index contributed by atoms with van der Waals surface area (Å²) in [4.78, 5) is 2.31. The minimum atomic E-state index is -0.266. The van der Waals surface area contributed by atoms with Crippen molar-refractivity contribution in [3.8, 4) is 11.5 Å². The van der Waals surface area contributed by atoms with Crippen LogP contribution >= 0.6 is 11.3 Å². The predicted molar refractivity (Wildman–Crippen MR) is 90.1 cm³/mol. The molecule has 0 bridgehead atoms. The van der Waals surface area contributed by atoms with Gasteiger partial charge in [-0.05, 0) is 28.5 Å². The Morgan fingerprint density at radius 1 is 1.17 bits per heavy atom. The van der Waals surface area contributed by atoms with E-state index in [1.54, 1.807) is 24.5 Å². The molecule has 1 aliphatic heterocycles. The smallest absolute Gasteiger partial charge is 0.163 e. The molecular weight excluding hydrogens is 315 g/mol. The van der Waals surface area contributed by atoms with Crippen LogP contribution < -0.4 is 14.8 Å². The van der Waals surface area contributed by atoms with Crippen molar-refractivity contribution in [1.29, 1.82) is 0 Å². The summed E-state index contributed by atoms with van der Waals surface area (Å²) in [5, 5.41) is 7.46. The van der Waals surface area contributed by atoms with Crippen molar-refractivity contribution >= 4 is 11.3 Å². The van der Waals surface area contributed by atoms with Crippen LogP contribution in [-0.2, 0) is 0 Å². The third-order valence-corrected chi connectivity index (χ3v) is 4.87. The van der Waals surface area contributed by atoms with Crippen molar-refractivity contribution in [2.24, 2.45) is 0 Å². The summed E-state index contributed by atoms with van der Waals surface area (Å²) in [6.07, 6.45) is 0. The lowest BCUT2D eigenvalue weighted by Gasteiger charge is -2.35. The molecule has 6 heteroatoms. The number of rotatable bonds is 5. The third kappa shape index (κ3) is 3.34. The summed E-state index contributed by atoms with van der Waals surface area (Å²) in [5.41, 5.74) is 1.74. The van der Waals surface area contributed by atoms with E-state index < -0.39 is 0 Å². The third-order valence-electron chi connectivity index (χ3n) is 4.17. The topological polar surface area (TPSA) is 33.7 Å². The molecule has 1 N–H and O–H groups in total. The maximum absolute atomic E-state index is 14.8. The summed E-state index contributed by atoms with van der Waals surface area (Å²) >= 11 is 1.63. The quantitative estimate of drug-likeness (QED) is 0.910. The highest BCUT2D eigenvalue weighted by Gasteiger charge is 2.28. The van der Waals surface area contributed by atoms with Crippen LogP contribution in [0, 0.1) is 5.82 Å². The highest BCUT2D eigenvalue weighted by Crippen LogP contribution is 2.38. The lowest BCUT2D eigenvalue weighted by molar-refractivity contribution is 0.195. The molecule has 0 spiro atoms. The largest absolute Gasteiger partial charge is 0.493 e. The molecule has 1 fully saturated rings. The molecule has 1 aliphatic rings. The monoisotopic (exact) mass is 336 g/mol. The summed E-state index contributed by atoms with van der Waals surface area (Å²) in [6.45, 7) is 3.59. The number of nitrogens with zero attached hydrogens (tertiary/aromatic N) is 1. The van der Waals surface area contributed by atoms with Gasteiger partial charge in [0, 0.05) is 37.8 Å². The second-order valence-corrected chi connectivity index (χ2v) is 6.25. The minimum absolute atomic E-state index is 0.108. The summed E-state index contributed by atoms with van der Waals surface area (Å²) < 4.78 is 25.3. The van der Waals surface area contributed by atoms with E-state index in [1.165, 1.54) is 13.2 Å². The number of thiophene rings is 1. The van der Waals surface area contributed by atoms with Crippen molar-refractivity contribution < 1.29 is 13.9 Å². The number of methoxy groups -OCH3 is 2. The van der Waals surface area contributed by atoms with Crippen LogP contribution in [-0.4, -0.2) is 45.3 Å². The Kier molecular flexibility index (Phi) is 5.15. The minimum Gasteiger partial charge on any atom is -0.493 e. The van der Waals surface area contributed by atoms with Crippen molar-refractivity contribution in [2.45, 2.75) is 6.04 Å². The van der Waals surface area contributed by atoms with Gasteiger partial charge in [0.25, 0.3) is 0 Å². The molecule has 3 rings (SSSR count). The highest BCUT2D eigenvalue weighted by molar-refractivity contribution is 7.08. The second-order valence-electron chi connectivity index (χ2n) is 5.47. The Morgan fingerprint density at radius 3 is 2.48 bits per heavy atom. The van der Waals surface area contributed by atoms with Crippen LogP contribution in [0.3, 0.4) is 0 Å². The molecule has 1 aromatic carbocycles. The normalized spacial score (nSPS) is 17.0. The molecule has 1 atom stereocenters. The average Bonchev–Trinajstić information content (AvgIpc) is 3.11. The van der Waals surface area contributed by atoms with Crippen LogP contribution in [0.2, 0.25) is 0 Å². The Bertz CT molecular complexity index is 642. The molecule has 1 aromatic heterocycles. The van der Waals surface area contributed by atoms with Crippen LogP contribution in [0.4, 0.5) is 4.39 Å². The van der Waals surface area contributed by atoms with E-state index in [2.05, 4.69) is 21.7 Å². The number of piperazine rings is 1. The summed E-state index contributed by atoms with van der Waals surface area (Å²) in [6, 6.07) is 5.13. The van der Waals surface area contributed by atoms with E-state index in [0.29, 0.717) is 17.1 Å². The Balaban J connectivity index is 2.05. The fourth-order valence-corrected chi connectivity index (χ4v) is 3.72. The lowest BCUT2D eigenvalue weighted by atomic mass is 9.97. The van der Waals surface area contributed by atoms with Gasteiger partial charge in [-0.3, -0.25) is 4.90 Å². The van der Waals surface area contributed by atoms with Gasteiger partial charge in [0.1, 0.15) is 5.82 Å². The van der Waals surface area contributed by atoms with Gasteiger partial charge in [-0.2, -0.15) is 11.3 Å². The van der Waals surface area contributed by atoms with E-state index in [4.69, 9.17) is 9.47 Å². The standard InChI is InChI=1S/C17H21FN2O2S/c1-21-15-9-13(14(18)10-16(15)22-2)17(12-3-8-23-11-12)20-6-4-19-5-7-20/h3,8-11,17,19H,4-7H2,1-2H3/t17-/m1/s1. The summed E-state index contributed by atoms with van der Waals surface area (Å²) in [7, 11) is 3.09. The van der Waals surface area contributed by atoms with E-state index in [0.717, 1.165) is 31.7 Å². The number of hydrogen-bond acceptors (Lipinski definition) is 5. The van der Waals surface area contributed by atoms with Crippen LogP contribution in [0.1, 0.15) is 17.2 Å². The van der Waals surface area contributed by atoms with Gasteiger partial charge in [-0.1, -0.05) is 0 Å². The predicted octanol–water partition coefficient (Wildman–Crippen LogP) is 2.90. The molecule has 1 saturated heterocycles. The van der Waals surface area contributed by atoms with Crippen molar-refractivity contribution in [3.63, 3.8) is 0 Å². The Labute approximate surface area is 139 Å². The molecule has 0 unspecified atom stereocenters. The fourth-order valence-electron chi connectivity index (χ4n) is 3.04. The number of benzene rings is 1. The molecule has 0 amide bonds. The van der Waals surface area contributed by atoms with Gasteiger partial charge in [0.2, 0.25) is 0 Å². The van der Waals surface area contributed by atoms with Gasteiger partial charge >= 0.3 is 0 Å².